The molecule has 7 nitrogen and oxygen atoms in total. The zero-order valence-corrected chi connectivity index (χ0v) is 26.4. The van der Waals surface area contributed by atoms with Crippen molar-refractivity contribution in [2.45, 2.75) is 51.4 Å². The van der Waals surface area contributed by atoms with E-state index in [-0.39, 0.29) is 17.9 Å². The third-order valence-electron chi connectivity index (χ3n) is 7.63. The number of amides is 1. The minimum Gasteiger partial charge on any atom is -0.508 e. The van der Waals surface area contributed by atoms with E-state index in [1.165, 1.54) is 0 Å². The molecule has 0 bridgehead atoms. The van der Waals surface area contributed by atoms with Crippen LogP contribution in [0, 0.1) is 0 Å². The number of thiophene rings is 1. The van der Waals surface area contributed by atoms with Gasteiger partial charge in [-0.15, -0.1) is 11.3 Å². The molecule has 1 aliphatic heterocycles. The van der Waals surface area contributed by atoms with Crippen LogP contribution >= 0.6 is 27.3 Å². The molecule has 9 heteroatoms. The first-order valence-corrected chi connectivity index (χ1v) is 15.9. The molecule has 0 atom stereocenters. The van der Waals surface area contributed by atoms with Gasteiger partial charge in [0.1, 0.15) is 29.0 Å². The molecule has 1 saturated carbocycles. The summed E-state index contributed by atoms with van der Waals surface area (Å²) in [5.74, 6) is 2.57. The molecule has 3 aromatic carbocycles. The summed E-state index contributed by atoms with van der Waals surface area (Å²) in [6, 6.07) is 21.8. The fourth-order valence-corrected chi connectivity index (χ4v) is 6.81. The Morgan fingerprint density at radius 2 is 1.60 bits per heavy atom. The third-order valence-corrected chi connectivity index (χ3v) is 9.34. The number of carbonyl (C=O) groups is 1. The van der Waals surface area contributed by atoms with Crippen molar-refractivity contribution >= 4 is 43.4 Å². The molecule has 1 saturated heterocycles. The van der Waals surface area contributed by atoms with Crippen molar-refractivity contribution in [3.8, 4) is 33.4 Å². The monoisotopic (exact) mass is 650 g/mol. The number of ether oxygens (including phenoxy) is 3. The Labute approximate surface area is 258 Å². The van der Waals surface area contributed by atoms with Gasteiger partial charge in [-0.3, -0.25) is 4.90 Å². The van der Waals surface area contributed by atoms with Crippen molar-refractivity contribution in [2.75, 3.05) is 26.2 Å². The Bertz CT molecular complexity index is 1550. The lowest BCUT2D eigenvalue weighted by Gasteiger charge is -2.46. The summed E-state index contributed by atoms with van der Waals surface area (Å²) in [7, 11) is 0. The summed E-state index contributed by atoms with van der Waals surface area (Å²) in [6.45, 7) is 8.82. The number of fused-ring (bicyclic) bond motifs is 1. The van der Waals surface area contributed by atoms with Crippen molar-refractivity contribution in [1.82, 2.24) is 9.80 Å². The average molecular weight is 652 g/mol. The minimum absolute atomic E-state index is 0.183. The summed E-state index contributed by atoms with van der Waals surface area (Å²) in [5.41, 5.74) is 0.586. The van der Waals surface area contributed by atoms with Crippen LogP contribution in [0.25, 0.3) is 20.5 Å². The van der Waals surface area contributed by atoms with E-state index >= 15 is 0 Å². The first kappa shape index (κ1) is 28.8. The van der Waals surface area contributed by atoms with Crippen molar-refractivity contribution in [2.24, 2.45) is 0 Å². The molecular formula is C33H35BrN2O5S. The van der Waals surface area contributed by atoms with Gasteiger partial charge in [-0.1, -0.05) is 28.1 Å². The first-order chi connectivity index (χ1) is 20.1. The molecule has 1 amide bonds. The Hall–Kier alpha value is -3.27. The van der Waals surface area contributed by atoms with E-state index in [0.717, 1.165) is 68.2 Å². The molecule has 42 heavy (non-hydrogen) atoms. The van der Waals surface area contributed by atoms with Crippen LogP contribution in [0.3, 0.4) is 0 Å². The highest BCUT2D eigenvalue weighted by atomic mass is 79.9. The van der Waals surface area contributed by atoms with E-state index in [1.807, 2.05) is 68.1 Å². The van der Waals surface area contributed by atoms with Crippen molar-refractivity contribution in [3.05, 3.63) is 71.2 Å². The van der Waals surface area contributed by atoms with Crippen LogP contribution in [0.15, 0.2) is 71.2 Å². The van der Waals surface area contributed by atoms with Crippen LogP contribution in [0.2, 0.25) is 0 Å². The van der Waals surface area contributed by atoms with Crippen molar-refractivity contribution < 1.29 is 24.1 Å². The summed E-state index contributed by atoms with van der Waals surface area (Å²) in [6.07, 6.45) is 1.92. The van der Waals surface area contributed by atoms with Crippen LogP contribution in [0.1, 0.15) is 33.6 Å². The lowest BCUT2D eigenvalue weighted by Crippen LogP contribution is -2.57. The molecule has 0 radical (unpaired) electrons. The number of halogens is 1. The highest BCUT2D eigenvalue weighted by Gasteiger charge is 2.37. The maximum atomic E-state index is 12.4. The molecule has 6 rings (SSSR count). The number of nitrogens with zero attached hydrogens (tertiary/aromatic N) is 2. The van der Waals surface area contributed by atoms with Gasteiger partial charge in [0.15, 0.2) is 5.75 Å². The lowest BCUT2D eigenvalue weighted by molar-refractivity contribution is -0.0180. The van der Waals surface area contributed by atoms with E-state index in [0.29, 0.717) is 19.1 Å². The number of hydrogen-bond acceptors (Lipinski definition) is 7. The Morgan fingerprint density at radius 3 is 2.26 bits per heavy atom. The second-order valence-electron chi connectivity index (χ2n) is 11.9. The van der Waals surface area contributed by atoms with Gasteiger partial charge in [-0.05, 0) is 80.9 Å². The summed E-state index contributed by atoms with van der Waals surface area (Å²) < 4.78 is 20.2. The van der Waals surface area contributed by atoms with Gasteiger partial charge in [0.05, 0.1) is 4.88 Å². The van der Waals surface area contributed by atoms with Gasteiger partial charge >= 0.3 is 6.09 Å². The van der Waals surface area contributed by atoms with Gasteiger partial charge in [0.25, 0.3) is 0 Å². The maximum Gasteiger partial charge on any atom is 0.410 e. The summed E-state index contributed by atoms with van der Waals surface area (Å²) >= 11 is 5.11. The standard InChI is InChI=1S/C33H35BrN2O5S/c1-33(2,3)41-32(38)36-16-14-35(15-17-36)23-18-27(19-23)39-25-9-11-26(12-10-25)40-30-28-13-8-24(37)20-29(28)42-31(30)21-4-6-22(34)7-5-21/h4-13,20,23,27,37H,14-19H2,1-3H3. The second-order valence-corrected chi connectivity index (χ2v) is 13.9. The molecule has 0 unspecified atom stereocenters. The number of carbonyl (C=O) groups excluding carboxylic acids is 1. The summed E-state index contributed by atoms with van der Waals surface area (Å²) in [4.78, 5) is 17.6. The second kappa shape index (κ2) is 11.8. The fourth-order valence-electron chi connectivity index (χ4n) is 5.38. The number of piperazine rings is 1. The van der Waals surface area contributed by atoms with Gasteiger partial charge in [0, 0.05) is 59.6 Å². The molecule has 2 aliphatic rings. The quantitative estimate of drug-likeness (QED) is 0.226. The van der Waals surface area contributed by atoms with E-state index in [4.69, 9.17) is 14.2 Å². The zero-order chi connectivity index (χ0) is 29.4. The fraction of sp³-hybridized carbons (Fsp3) is 0.364. The van der Waals surface area contributed by atoms with Crippen molar-refractivity contribution in [3.63, 3.8) is 0 Å². The van der Waals surface area contributed by atoms with Crippen molar-refractivity contribution in [1.29, 1.82) is 0 Å². The number of aromatic hydroxyl groups is 1. The molecular weight excluding hydrogens is 616 g/mol. The molecule has 2 fully saturated rings. The highest BCUT2D eigenvalue weighted by Crippen LogP contribution is 2.47. The predicted molar refractivity (Wildman–Crippen MR) is 170 cm³/mol. The topological polar surface area (TPSA) is 71.5 Å². The average Bonchev–Trinajstić information content (AvgIpc) is 3.28. The molecule has 4 aromatic rings. The smallest absolute Gasteiger partial charge is 0.410 e. The number of phenolic OH excluding ortho intramolecular Hbond substituents is 1. The van der Waals surface area contributed by atoms with Crippen LogP contribution < -0.4 is 9.47 Å². The van der Waals surface area contributed by atoms with E-state index in [9.17, 15) is 9.90 Å². The van der Waals surface area contributed by atoms with Gasteiger partial charge in [-0.25, -0.2) is 4.79 Å². The van der Waals surface area contributed by atoms with E-state index < -0.39 is 5.60 Å². The summed E-state index contributed by atoms with van der Waals surface area (Å²) in [5, 5.41) is 11.0. The largest absolute Gasteiger partial charge is 0.508 e. The van der Waals surface area contributed by atoms with Crippen LogP contribution in [0.4, 0.5) is 4.79 Å². The van der Waals surface area contributed by atoms with Gasteiger partial charge in [0.2, 0.25) is 0 Å². The number of phenols is 1. The molecule has 0 spiro atoms. The third kappa shape index (κ3) is 6.53. The number of hydrogen-bond donors (Lipinski definition) is 1. The van der Waals surface area contributed by atoms with Gasteiger partial charge < -0.3 is 24.2 Å². The van der Waals surface area contributed by atoms with Crippen LogP contribution in [0.5, 0.6) is 23.0 Å². The number of rotatable bonds is 6. The highest BCUT2D eigenvalue weighted by molar-refractivity contribution is 9.10. The zero-order valence-electron chi connectivity index (χ0n) is 24.0. The Balaban J connectivity index is 1.05. The Morgan fingerprint density at radius 1 is 0.929 bits per heavy atom. The van der Waals surface area contributed by atoms with Crippen LogP contribution in [-0.2, 0) is 4.74 Å². The van der Waals surface area contributed by atoms with E-state index in [1.54, 1.807) is 23.5 Å². The lowest BCUT2D eigenvalue weighted by atomic mass is 9.87. The normalized spacial score (nSPS) is 19.4. The van der Waals surface area contributed by atoms with Crippen LogP contribution in [-0.4, -0.2) is 64.9 Å². The molecule has 1 N–H and O–H groups in total. The molecule has 1 aromatic heterocycles. The maximum absolute atomic E-state index is 12.4. The van der Waals surface area contributed by atoms with Gasteiger partial charge in [-0.2, -0.15) is 0 Å². The SMILES string of the molecule is CC(C)(C)OC(=O)N1CCN(C2CC(Oc3ccc(Oc4c(-c5ccc(Br)cc5)sc5cc(O)ccc45)cc3)C2)CC1. The molecule has 2 heterocycles. The molecule has 1 aliphatic carbocycles. The predicted octanol–water partition coefficient (Wildman–Crippen LogP) is 8.29. The molecule has 220 valence electrons. The Kier molecular flexibility index (Phi) is 8.09. The van der Waals surface area contributed by atoms with E-state index in [2.05, 4.69) is 33.0 Å². The first-order valence-electron chi connectivity index (χ1n) is 14.3. The number of benzene rings is 3. The minimum atomic E-state index is -0.469.